The average molecular weight is 503 g/mol. The van der Waals surface area contributed by atoms with E-state index in [1.54, 1.807) is 0 Å². The summed E-state index contributed by atoms with van der Waals surface area (Å²) in [6.45, 7) is 8.87. The van der Waals surface area contributed by atoms with Crippen LogP contribution in [0.5, 0.6) is 5.75 Å². The van der Waals surface area contributed by atoms with E-state index < -0.39 is 0 Å². The Morgan fingerprint density at radius 1 is 0.472 bits per heavy atom. The van der Waals surface area contributed by atoms with Gasteiger partial charge in [-0.25, -0.2) is 0 Å². The maximum absolute atomic E-state index is 10.8. The molecule has 0 bridgehead atoms. The lowest BCUT2D eigenvalue weighted by atomic mass is 9.89. The molecule has 1 rings (SSSR count). The van der Waals surface area contributed by atoms with Crippen LogP contribution >= 0.6 is 0 Å². The van der Waals surface area contributed by atoms with Crippen molar-refractivity contribution in [2.45, 2.75) is 175 Å². The van der Waals surface area contributed by atoms with E-state index in [1.165, 1.54) is 164 Å². The van der Waals surface area contributed by atoms with Crippen molar-refractivity contribution in [2.24, 2.45) is 0 Å². The number of carbonyl (C=O) groups is 1. The Kier molecular flexibility index (Phi) is 25.8. The monoisotopic (exact) mass is 502 g/mol. The first-order valence-corrected chi connectivity index (χ1v) is 15.9. The van der Waals surface area contributed by atoms with Gasteiger partial charge in [-0.2, -0.15) is 0 Å². The molecule has 0 unspecified atom stereocenters. The summed E-state index contributed by atoms with van der Waals surface area (Å²) >= 11 is 0. The van der Waals surface area contributed by atoms with Crippen LogP contribution in [0.2, 0.25) is 0 Å². The van der Waals surface area contributed by atoms with Gasteiger partial charge < -0.3 is 9.90 Å². The Balaban J connectivity index is 0.00000596. The molecule has 0 radical (unpaired) electrons. The molecular weight excluding hydrogens is 440 g/mol. The van der Waals surface area contributed by atoms with Gasteiger partial charge in [0.05, 0.1) is 0 Å². The lowest BCUT2D eigenvalue weighted by Gasteiger charge is -2.17. The molecule has 0 heterocycles. The van der Waals surface area contributed by atoms with Gasteiger partial charge in [-0.15, -0.1) is 0 Å². The molecule has 36 heavy (non-hydrogen) atoms. The minimum absolute atomic E-state index is 0.562. The van der Waals surface area contributed by atoms with Gasteiger partial charge in [0.1, 0.15) is 12.5 Å². The van der Waals surface area contributed by atoms with Crippen LogP contribution in [0.25, 0.3) is 0 Å². The minimum Gasteiger partial charge on any atom is -0.508 e. The number of carbonyl (C=O) groups excluding carboxylic acids is 1. The maximum atomic E-state index is 10.8. The van der Waals surface area contributed by atoms with Crippen molar-refractivity contribution in [1.82, 2.24) is 0 Å². The molecule has 0 atom stereocenters. The molecular formula is C34H62O2. The zero-order valence-electron chi connectivity index (χ0n) is 24.7. The number of phenolic OH excluding ortho intramolecular Hbond substituents is 1. The molecule has 2 heteroatoms. The zero-order valence-corrected chi connectivity index (χ0v) is 24.7. The van der Waals surface area contributed by atoms with E-state index in [0.29, 0.717) is 5.75 Å². The Morgan fingerprint density at radius 2 is 0.806 bits per heavy atom. The lowest BCUT2D eigenvalue weighted by Crippen LogP contribution is -2.03. The Bertz CT molecular complexity index is 595. The molecule has 0 aromatic heterocycles. The van der Waals surface area contributed by atoms with Gasteiger partial charge in [-0.1, -0.05) is 142 Å². The number of unbranched alkanes of at least 4 members (excludes halogenated alkanes) is 18. The molecule has 0 saturated carbocycles. The summed E-state index contributed by atoms with van der Waals surface area (Å²) in [6.07, 6.45) is 31.9. The number of aryl methyl sites for hydroxylation is 1. The van der Waals surface area contributed by atoms with Crippen molar-refractivity contribution < 1.29 is 9.90 Å². The molecule has 0 aliphatic rings. The molecule has 0 aliphatic heterocycles. The number of benzene rings is 1. The highest BCUT2D eigenvalue weighted by Gasteiger charge is 2.13. The second-order valence-electron chi connectivity index (χ2n) is 10.8. The molecule has 1 aromatic rings. The normalized spacial score (nSPS) is 10.9. The summed E-state index contributed by atoms with van der Waals surface area (Å²) in [5.41, 5.74) is 4.35. The molecule has 1 N–H and O–H groups in total. The maximum Gasteiger partial charge on any atom is 0.119 e. The molecule has 0 fully saturated rings. The first-order chi connectivity index (χ1) is 17.7. The summed E-state index contributed by atoms with van der Waals surface area (Å²) in [5.74, 6) is 0.562. The van der Waals surface area contributed by atoms with Crippen LogP contribution in [0.3, 0.4) is 0 Å². The topological polar surface area (TPSA) is 37.3 Å². The highest BCUT2D eigenvalue weighted by molar-refractivity contribution is 5.45. The Hall–Kier alpha value is -1.31. The molecule has 1 aromatic carbocycles. The smallest absolute Gasteiger partial charge is 0.119 e. The number of rotatable bonds is 24. The predicted octanol–water partition coefficient (Wildman–Crippen LogP) is 11.1. The summed E-state index contributed by atoms with van der Waals surface area (Å²) in [4.78, 5) is 8.00. The quantitative estimate of drug-likeness (QED) is 0.143. The number of hydrogen-bond acceptors (Lipinski definition) is 2. The Labute approximate surface area is 226 Å². The van der Waals surface area contributed by atoms with Crippen LogP contribution in [0.15, 0.2) is 12.1 Å². The van der Waals surface area contributed by atoms with Crippen molar-refractivity contribution in [2.75, 3.05) is 0 Å². The van der Waals surface area contributed by atoms with Crippen molar-refractivity contribution in [3.8, 4) is 5.75 Å². The third-order valence-corrected chi connectivity index (χ3v) is 7.61. The van der Waals surface area contributed by atoms with Crippen molar-refractivity contribution in [1.29, 1.82) is 0 Å². The van der Waals surface area contributed by atoms with Crippen LogP contribution in [-0.2, 0) is 24.1 Å². The van der Waals surface area contributed by atoms with Crippen LogP contribution in [-0.4, -0.2) is 11.9 Å². The highest BCUT2D eigenvalue weighted by atomic mass is 16.3. The minimum atomic E-state index is 0.562. The predicted molar refractivity (Wildman–Crippen MR) is 160 cm³/mol. The zero-order chi connectivity index (χ0) is 26.7. The second-order valence-corrected chi connectivity index (χ2v) is 10.8. The van der Waals surface area contributed by atoms with Crippen molar-refractivity contribution >= 4 is 6.79 Å². The van der Waals surface area contributed by atoms with E-state index >= 15 is 0 Å². The van der Waals surface area contributed by atoms with Gasteiger partial charge in [-0.05, 0) is 61.3 Å². The van der Waals surface area contributed by atoms with Crippen molar-refractivity contribution in [3.05, 3.63) is 28.8 Å². The molecule has 0 aliphatic carbocycles. The number of hydrogen-bond donors (Lipinski definition) is 1. The van der Waals surface area contributed by atoms with Crippen LogP contribution in [0, 0.1) is 0 Å². The standard InChI is InChI=1S/C33H60O.CH2O/c1-4-7-10-13-16-19-22-25-30-28-29-33(34)32(27-24-21-18-15-12-9-6-3)31(30)26-23-20-17-14-11-8-5-2;1-2/h28-29,34H,4-27H2,1-3H3;1H2. The van der Waals surface area contributed by atoms with E-state index in [2.05, 4.69) is 26.8 Å². The van der Waals surface area contributed by atoms with E-state index in [-0.39, 0.29) is 0 Å². The number of aromatic hydroxyl groups is 1. The second kappa shape index (κ2) is 26.7. The lowest BCUT2D eigenvalue weighted by molar-refractivity contribution is -0.0980. The third-order valence-electron chi connectivity index (χ3n) is 7.61. The van der Waals surface area contributed by atoms with Crippen LogP contribution < -0.4 is 0 Å². The molecule has 0 spiro atoms. The van der Waals surface area contributed by atoms with Gasteiger partial charge in [0.2, 0.25) is 0 Å². The van der Waals surface area contributed by atoms with E-state index in [1.807, 2.05) is 12.9 Å². The number of phenols is 1. The van der Waals surface area contributed by atoms with E-state index in [9.17, 15) is 5.11 Å². The highest BCUT2D eigenvalue weighted by Crippen LogP contribution is 2.30. The molecule has 2 nitrogen and oxygen atoms in total. The molecule has 0 amide bonds. The van der Waals surface area contributed by atoms with E-state index in [4.69, 9.17) is 4.79 Å². The summed E-state index contributed by atoms with van der Waals surface area (Å²) in [5, 5.41) is 10.8. The average Bonchev–Trinajstić information content (AvgIpc) is 2.90. The summed E-state index contributed by atoms with van der Waals surface area (Å²) in [7, 11) is 0. The Morgan fingerprint density at radius 3 is 1.22 bits per heavy atom. The van der Waals surface area contributed by atoms with Gasteiger partial charge in [-0.3, -0.25) is 0 Å². The largest absolute Gasteiger partial charge is 0.508 e. The van der Waals surface area contributed by atoms with Crippen molar-refractivity contribution in [3.63, 3.8) is 0 Å². The third kappa shape index (κ3) is 18.0. The van der Waals surface area contributed by atoms with Gasteiger partial charge in [0.25, 0.3) is 0 Å². The van der Waals surface area contributed by atoms with Gasteiger partial charge in [0.15, 0.2) is 0 Å². The fraction of sp³-hybridized carbons (Fsp3) is 0.794. The first kappa shape index (κ1) is 34.7. The fourth-order valence-corrected chi connectivity index (χ4v) is 5.34. The van der Waals surface area contributed by atoms with Gasteiger partial charge in [0, 0.05) is 0 Å². The first-order valence-electron chi connectivity index (χ1n) is 15.9. The van der Waals surface area contributed by atoms with Crippen LogP contribution in [0.4, 0.5) is 0 Å². The summed E-state index contributed by atoms with van der Waals surface area (Å²) in [6, 6.07) is 4.25. The van der Waals surface area contributed by atoms with Crippen LogP contribution in [0.1, 0.15) is 172 Å². The summed E-state index contributed by atoms with van der Waals surface area (Å²) < 4.78 is 0. The SMILES string of the molecule is C=O.CCCCCCCCCc1ccc(O)c(CCCCCCCCC)c1CCCCCCCCC. The molecule has 210 valence electrons. The molecule has 0 saturated heterocycles. The fourth-order valence-electron chi connectivity index (χ4n) is 5.34. The van der Waals surface area contributed by atoms with Gasteiger partial charge >= 0.3 is 0 Å². The van der Waals surface area contributed by atoms with E-state index in [0.717, 1.165) is 6.42 Å².